The molecule has 20 heavy (non-hydrogen) atoms. The number of hydrogen-bond acceptors (Lipinski definition) is 4. The van der Waals surface area contributed by atoms with Crippen LogP contribution in [0.25, 0.3) is 0 Å². The first-order valence-corrected chi connectivity index (χ1v) is 6.20. The number of carbonyl (C=O) groups excluding carboxylic acids is 1. The lowest BCUT2D eigenvalue weighted by Gasteiger charge is -2.17. The smallest absolute Gasteiger partial charge is 0.319 e. The van der Waals surface area contributed by atoms with Crippen LogP contribution in [0, 0.1) is 11.6 Å². The molecule has 1 heterocycles. The van der Waals surface area contributed by atoms with Crippen molar-refractivity contribution in [2.45, 2.75) is 26.7 Å². The molecule has 0 amide bonds. The molecule has 106 valence electrons. The van der Waals surface area contributed by atoms with E-state index in [-0.39, 0.29) is 17.7 Å². The molecule has 2 rings (SSSR count). The van der Waals surface area contributed by atoms with Gasteiger partial charge in [-0.3, -0.25) is 4.79 Å². The fourth-order valence-electron chi connectivity index (χ4n) is 2.17. The van der Waals surface area contributed by atoms with Gasteiger partial charge in [0, 0.05) is 17.2 Å². The molecule has 1 unspecified atom stereocenters. The van der Waals surface area contributed by atoms with Crippen LogP contribution < -0.4 is 0 Å². The van der Waals surface area contributed by atoms with Gasteiger partial charge in [-0.05, 0) is 26.8 Å². The Hall–Kier alpha value is -2.11. The third kappa shape index (κ3) is 2.45. The number of fused-ring (bicyclic) bond motifs is 1. The Morgan fingerprint density at radius 3 is 2.65 bits per heavy atom. The third-order valence-corrected chi connectivity index (χ3v) is 3.07. The first-order chi connectivity index (χ1) is 9.45. The van der Waals surface area contributed by atoms with Crippen molar-refractivity contribution in [2.24, 2.45) is 10.2 Å². The number of hydrogen-bond donors (Lipinski definition) is 0. The van der Waals surface area contributed by atoms with Gasteiger partial charge in [0.1, 0.15) is 17.6 Å². The zero-order valence-electron chi connectivity index (χ0n) is 11.4. The molecule has 0 aliphatic carbocycles. The molecule has 1 aromatic carbocycles. The maximum absolute atomic E-state index is 14.2. The summed E-state index contributed by atoms with van der Waals surface area (Å²) in [6, 6.07) is 1.90. The van der Waals surface area contributed by atoms with Crippen molar-refractivity contribution in [3.8, 4) is 0 Å². The van der Waals surface area contributed by atoms with Gasteiger partial charge in [0.15, 0.2) is 0 Å². The lowest BCUT2D eigenvalue weighted by Crippen LogP contribution is -2.24. The predicted octanol–water partition coefficient (Wildman–Crippen LogP) is 2.81. The lowest BCUT2D eigenvalue weighted by molar-refractivity contribution is -0.143. The summed E-state index contributed by atoms with van der Waals surface area (Å²) in [6.07, 6.45) is 0. The second-order valence-corrected chi connectivity index (χ2v) is 4.46. The maximum atomic E-state index is 14.2. The van der Waals surface area contributed by atoms with Gasteiger partial charge < -0.3 is 4.74 Å². The van der Waals surface area contributed by atoms with Gasteiger partial charge in [-0.25, -0.2) is 8.78 Å². The molecule has 6 heteroatoms. The summed E-state index contributed by atoms with van der Waals surface area (Å²) in [7, 11) is 0. The van der Waals surface area contributed by atoms with Crippen molar-refractivity contribution in [1.82, 2.24) is 0 Å². The molecule has 1 aromatic rings. The zero-order chi connectivity index (χ0) is 14.9. The van der Waals surface area contributed by atoms with E-state index in [0.717, 1.165) is 12.1 Å². The largest absolute Gasteiger partial charge is 0.465 e. The summed E-state index contributed by atoms with van der Waals surface area (Å²) in [5.74, 6) is -3.15. The van der Waals surface area contributed by atoms with Crippen LogP contribution in [0.1, 0.15) is 37.8 Å². The normalized spacial score (nSPS) is 17.8. The van der Waals surface area contributed by atoms with Crippen LogP contribution in [0.4, 0.5) is 8.78 Å². The molecule has 0 spiro atoms. The van der Waals surface area contributed by atoms with E-state index in [2.05, 4.69) is 10.2 Å². The second kappa shape index (κ2) is 5.48. The third-order valence-electron chi connectivity index (χ3n) is 3.07. The highest BCUT2D eigenvalue weighted by molar-refractivity contribution is 6.11. The Morgan fingerprint density at radius 2 is 2.00 bits per heavy atom. The fraction of sp³-hybridized carbons (Fsp3) is 0.357. The Balaban J connectivity index is 2.67. The molecular weight excluding hydrogens is 266 g/mol. The summed E-state index contributed by atoms with van der Waals surface area (Å²) in [5.41, 5.74) is 0.961. The van der Waals surface area contributed by atoms with Gasteiger partial charge in [-0.2, -0.15) is 10.2 Å². The molecule has 1 aliphatic heterocycles. The van der Waals surface area contributed by atoms with Gasteiger partial charge in [0.2, 0.25) is 0 Å². The van der Waals surface area contributed by atoms with E-state index in [1.807, 2.05) is 0 Å². The Labute approximate surface area is 115 Å². The van der Waals surface area contributed by atoms with Gasteiger partial charge in [0.25, 0.3) is 0 Å². The molecule has 0 radical (unpaired) electrons. The quantitative estimate of drug-likeness (QED) is 0.782. The molecule has 0 N–H and O–H groups in total. The van der Waals surface area contributed by atoms with Crippen LogP contribution in [0.5, 0.6) is 0 Å². The first kappa shape index (κ1) is 14.3. The number of carbonyl (C=O) groups is 1. The van der Waals surface area contributed by atoms with Crippen molar-refractivity contribution in [3.05, 3.63) is 34.9 Å². The Morgan fingerprint density at radius 1 is 1.30 bits per heavy atom. The van der Waals surface area contributed by atoms with Gasteiger partial charge >= 0.3 is 5.97 Å². The zero-order valence-corrected chi connectivity index (χ0v) is 11.4. The minimum absolute atomic E-state index is 0.0600. The van der Waals surface area contributed by atoms with Crippen LogP contribution in [0.15, 0.2) is 22.3 Å². The molecule has 0 bridgehead atoms. The minimum atomic E-state index is -1.01. The molecule has 4 nitrogen and oxygen atoms in total. The summed E-state index contributed by atoms with van der Waals surface area (Å²) in [6.45, 7) is 4.98. The molecule has 0 fully saturated rings. The molecule has 0 aromatic heterocycles. The second-order valence-electron chi connectivity index (χ2n) is 4.46. The number of ether oxygens (including phenoxy) is 1. The van der Waals surface area contributed by atoms with Crippen LogP contribution in [0.3, 0.4) is 0 Å². The minimum Gasteiger partial charge on any atom is -0.465 e. The Kier molecular flexibility index (Phi) is 3.92. The van der Waals surface area contributed by atoms with Gasteiger partial charge in [0.05, 0.1) is 18.0 Å². The summed E-state index contributed by atoms with van der Waals surface area (Å²) in [4.78, 5) is 12.1. The van der Waals surface area contributed by atoms with Crippen molar-refractivity contribution >= 4 is 17.4 Å². The van der Waals surface area contributed by atoms with E-state index in [1.165, 1.54) is 0 Å². The van der Waals surface area contributed by atoms with Gasteiger partial charge in [-0.1, -0.05) is 0 Å². The van der Waals surface area contributed by atoms with Gasteiger partial charge in [-0.15, -0.1) is 0 Å². The highest BCUT2D eigenvalue weighted by Crippen LogP contribution is 2.30. The number of halogens is 2. The van der Waals surface area contributed by atoms with E-state index in [0.29, 0.717) is 11.4 Å². The summed E-state index contributed by atoms with van der Waals surface area (Å²) >= 11 is 0. The predicted molar refractivity (Wildman–Crippen MR) is 71.1 cm³/mol. The number of rotatable bonds is 2. The topological polar surface area (TPSA) is 51.0 Å². The summed E-state index contributed by atoms with van der Waals surface area (Å²) in [5, 5.41) is 7.77. The first-order valence-electron chi connectivity index (χ1n) is 6.20. The van der Waals surface area contributed by atoms with E-state index in [4.69, 9.17) is 4.74 Å². The Bertz CT molecular complexity index is 624. The lowest BCUT2D eigenvalue weighted by atomic mass is 9.89. The van der Waals surface area contributed by atoms with Crippen molar-refractivity contribution in [3.63, 3.8) is 0 Å². The molecule has 0 saturated heterocycles. The average Bonchev–Trinajstić information content (AvgIpc) is 2.49. The van der Waals surface area contributed by atoms with Crippen molar-refractivity contribution < 1.29 is 18.3 Å². The van der Waals surface area contributed by atoms with E-state index < -0.39 is 23.5 Å². The van der Waals surface area contributed by atoms with Crippen LogP contribution in [-0.4, -0.2) is 24.0 Å². The number of esters is 1. The highest BCUT2D eigenvalue weighted by atomic mass is 19.1. The van der Waals surface area contributed by atoms with E-state index >= 15 is 0 Å². The standard InChI is InChI=1S/C14H14F2N2O2/c1-4-20-14(19)12-8(3)18-17-7(2)10-5-9(15)6-11(16)13(10)12/h5-6,12H,4H2,1-3H3. The van der Waals surface area contributed by atoms with Crippen molar-refractivity contribution in [1.29, 1.82) is 0 Å². The molecular formula is C14H14F2N2O2. The number of benzene rings is 1. The van der Waals surface area contributed by atoms with E-state index in [1.54, 1.807) is 20.8 Å². The monoisotopic (exact) mass is 280 g/mol. The van der Waals surface area contributed by atoms with Crippen LogP contribution in [0.2, 0.25) is 0 Å². The summed E-state index contributed by atoms with van der Waals surface area (Å²) < 4.78 is 32.5. The molecule has 1 aliphatic rings. The fourth-order valence-corrected chi connectivity index (χ4v) is 2.17. The van der Waals surface area contributed by atoms with Crippen molar-refractivity contribution in [2.75, 3.05) is 6.61 Å². The average molecular weight is 280 g/mol. The number of nitrogens with zero attached hydrogens (tertiary/aromatic N) is 2. The molecule has 1 atom stereocenters. The highest BCUT2D eigenvalue weighted by Gasteiger charge is 2.33. The van der Waals surface area contributed by atoms with E-state index in [9.17, 15) is 13.6 Å². The van der Waals surface area contributed by atoms with Crippen LogP contribution >= 0.6 is 0 Å². The SMILES string of the molecule is CCOC(=O)C1C(C)=NN=C(C)c2cc(F)cc(F)c21. The molecule has 0 saturated carbocycles. The van der Waals surface area contributed by atoms with Crippen LogP contribution in [-0.2, 0) is 9.53 Å². The maximum Gasteiger partial charge on any atom is 0.319 e.